The van der Waals surface area contributed by atoms with Crippen LogP contribution in [0.4, 0.5) is 0 Å². The molecule has 140 valence electrons. The maximum Gasteiger partial charge on any atom is 0.272 e. The van der Waals surface area contributed by atoms with Gasteiger partial charge < -0.3 is 0 Å². The van der Waals surface area contributed by atoms with Gasteiger partial charge in [0.05, 0.1) is 5.52 Å². The Morgan fingerprint density at radius 2 is 2.00 bits per heavy atom. The Kier molecular flexibility index (Phi) is 5.31. The van der Waals surface area contributed by atoms with E-state index in [9.17, 15) is 4.79 Å². The van der Waals surface area contributed by atoms with Crippen LogP contribution in [0.1, 0.15) is 38.2 Å². The van der Waals surface area contributed by atoms with Crippen LogP contribution >= 0.6 is 23.1 Å². The Balaban J connectivity index is 1.81. The summed E-state index contributed by atoms with van der Waals surface area (Å²) < 4.78 is 4.60. The van der Waals surface area contributed by atoms with E-state index >= 15 is 0 Å². The van der Waals surface area contributed by atoms with Crippen molar-refractivity contribution in [1.29, 1.82) is 0 Å². The van der Waals surface area contributed by atoms with Crippen LogP contribution in [0, 0.1) is 0 Å². The molecule has 0 unspecified atom stereocenters. The molecule has 4 aromatic rings. The number of fused-ring (bicyclic) bond motifs is 3. The molecule has 0 aliphatic rings. The van der Waals surface area contributed by atoms with Crippen LogP contribution in [-0.4, -0.2) is 24.9 Å². The Bertz CT molecular complexity index is 1110. The molecule has 0 fully saturated rings. The Labute approximate surface area is 166 Å². The summed E-state index contributed by atoms with van der Waals surface area (Å²) in [5, 5.41) is 11.6. The normalized spacial score (nSPS) is 12.8. The van der Waals surface area contributed by atoms with Crippen molar-refractivity contribution in [3.63, 3.8) is 0 Å². The quantitative estimate of drug-likeness (QED) is 0.331. The average molecular weight is 399 g/mol. The van der Waals surface area contributed by atoms with Crippen molar-refractivity contribution in [2.24, 2.45) is 0 Å². The van der Waals surface area contributed by atoms with Gasteiger partial charge in [0, 0.05) is 12.3 Å². The highest BCUT2D eigenvalue weighted by Gasteiger charge is 2.19. The molecule has 5 nitrogen and oxygen atoms in total. The van der Waals surface area contributed by atoms with Gasteiger partial charge in [0.2, 0.25) is 5.78 Å². The topological polar surface area (TPSA) is 52.2 Å². The predicted octanol–water partition coefficient (Wildman–Crippen LogP) is 4.80. The monoisotopic (exact) mass is 398 g/mol. The van der Waals surface area contributed by atoms with Crippen molar-refractivity contribution in [3.8, 4) is 0 Å². The van der Waals surface area contributed by atoms with Gasteiger partial charge in [-0.15, -0.1) is 21.5 Å². The molecule has 3 heterocycles. The largest absolute Gasteiger partial charge is 0.275 e. The number of hydrogen-bond acceptors (Lipinski definition) is 5. The Morgan fingerprint density at radius 1 is 1.19 bits per heavy atom. The number of nitrogens with zero attached hydrogens (tertiary/aromatic N) is 4. The average Bonchev–Trinajstić information content (AvgIpc) is 3.33. The van der Waals surface area contributed by atoms with Crippen LogP contribution < -0.4 is 5.56 Å². The lowest BCUT2D eigenvalue weighted by atomic mass is 10.0. The van der Waals surface area contributed by atoms with E-state index in [2.05, 4.69) is 36.2 Å². The lowest BCUT2D eigenvalue weighted by Gasteiger charge is -2.15. The number of thiophene rings is 1. The van der Waals surface area contributed by atoms with Gasteiger partial charge in [0.1, 0.15) is 4.70 Å². The minimum atomic E-state index is 0.0211. The highest BCUT2D eigenvalue weighted by Crippen LogP contribution is 2.26. The van der Waals surface area contributed by atoms with E-state index in [0.29, 0.717) is 12.3 Å². The molecule has 0 amide bonds. The highest BCUT2D eigenvalue weighted by molar-refractivity contribution is 7.99. The number of benzene rings is 1. The first kappa shape index (κ1) is 18.3. The second-order valence-electron chi connectivity index (χ2n) is 6.68. The second-order valence-corrected chi connectivity index (χ2v) is 8.66. The molecular weight excluding hydrogens is 376 g/mol. The second kappa shape index (κ2) is 7.86. The van der Waals surface area contributed by atoms with Gasteiger partial charge in [-0.05, 0) is 29.3 Å². The van der Waals surface area contributed by atoms with Crippen LogP contribution in [0.3, 0.4) is 0 Å². The van der Waals surface area contributed by atoms with Gasteiger partial charge in [0.15, 0.2) is 5.16 Å². The fourth-order valence-electron chi connectivity index (χ4n) is 3.23. The molecule has 0 N–H and O–H groups in total. The van der Waals surface area contributed by atoms with Gasteiger partial charge in [-0.3, -0.25) is 13.8 Å². The molecule has 0 aliphatic carbocycles. The van der Waals surface area contributed by atoms with Crippen molar-refractivity contribution in [2.45, 2.75) is 44.3 Å². The molecule has 7 heteroatoms. The van der Waals surface area contributed by atoms with Crippen molar-refractivity contribution in [1.82, 2.24) is 19.2 Å². The van der Waals surface area contributed by atoms with Gasteiger partial charge in [-0.25, -0.2) is 0 Å². The minimum Gasteiger partial charge on any atom is -0.275 e. The Hall–Kier alpha value is -2.12. The highest BCUT2D eigenvalue weighted by atomic mass is 32.2. The van der Waals surface area contributed by atoms with Crippen molar-refractivity contribution < 1.29 is 0 Å². The summed E-state index contributed by atoms with van der Waals surface area (Å²) in [5.74, 6) is 1.84. The van der Waals surface area contributed by atoms with Gasteiger partial charge in [-0.1, -0.05) is 62.4 Å². The standard InChI is InChI=1S/C20H22N4OS2/c1-3-4-11-27-20-22-21-19-23(13-14(2)15-8-6-5-7-9-15)18(25)17-16(24(19)20)10-12-26-17/h5-10,12,14H,3-4,11,13H2,1-2H3/t14-/m0/s1. The number of aromatic nitrogens is 4. The molecule has 4 rings (SSSR count). The smallest absolute Gasteiger partial charge is 0.272 e. The predicted molar refractivity (Wildman–Crippen MR) is 113 cm³/mol. The number of hydrogen-bond donors (Lipinski definition) is 0. The van der Waals surface area contributed by atoms with E-state index in [4.69, 9.17) is 0 Å². The van der Waals surface area contributed by atoms with E-state index in [1.54, 1.807) is 16.3 Å². The van der Waals surface area contributed by atoms with E-state index < -0.39 is 0 Å². The molecule has 0 saturated carbocycles. The van der Waals surface area contributed by atoms with Gasteiger partial charge >= 0.3 is 0 Å². The first-order valence-electron chi connectivity index (χ1n) is 9.23. The molecular formula is C20H22N4OS2. The number of unbranched alkanes of at least 4 members (excludes halogenated alkanes) is 1. The third kappa shape index (κ3) is 3.41. The SMILES string of the molecule is CCCCSc1nnc2n(C[C@H](C)c3ccccc3)c(=O)c3sccc3n12. The zero-order valence-electron chi connectivity index (χ0n) is 15.5. The third-order valence-corrected chi connectivity index (χ3v) is 6.64. The van der Waals surface area contributed by atoms with Gasteiger partial charge in [0.25, 0.3) is 5.56 Å². The zero-order valence-corrected chi connectivity index (χ0v) is 17.1. The molecule has 3 aromatic heterocycles. The fraction of sp³-hybridized carbons (Fsp3) is 0.350. The molecule has 0 aliphatic heterocycles. The first-order chi connectivity index (χ1) is 13.2. The lowest BCUT2D eigenvalue weighted by Crippen LogP contribution is -2.24. The maximum atomic E-state index is 13.1. The maximum absolute atomic E-state index is 13.1. The van der Waals surface area contributed by atoms with Crippen LogP contribution in [-0.2, 0) is 6.54 Å². The van der Waals surface area contributed by atoms with Crippen LogP contribution in [0.15, 0.2) is 51.7 Å². The minimum absolute atomic E-state index is 0.0211. The summed E-state index contributed by atoms with van der Waals surface area (Å²) in [6.45, 7) is 4.91. The zero-order chi connectivity index (χ0) is 18.8. The van der Waals surface area contributed by atoms with Crippen molar-refractivity contribution >= 4 is 39.1 Å². The molecule has 0 bridgehead atoms. The summed E-state index contributed by atoms with van der Waals surface area (Å²) in [7, 11) is 0. The van der Waals surface area contributed by atoms with Crippen molar-refractivity contribution in [2.75, 3.05) is 5.75 Å². The summed E-state index contributed by atoms with van der Waals surface area (Å²) in [4.78, 5) is 13.1. The van der Waals surface area contributed by atoms with Crippen LogP contribution in [0.5, 0.6) is 0 Å². The van der Waals surface area contributed by atoms with Crippen molar-refractivity contribution in [3.05, 3.63) is 57.7 Å². The number of thioether (sulfide) groups is 1. The lowest BCUT2D eigenvalue weighted by molar-refractivity contribution is 0.588. The summed E-state index contributed by atoms with van der Waals surface area (Å²) >= 11 is 3.20. The van der Waals surface area contributed by atoms with Crippen LogP contribution in [0.25, 0.3) is 16.0 Å². The van der Waals surface area contributed by atoms with E-state index in [1.807, 2.05) is 34.0 Å². The fourth-order valence-corrected chi connectivity index (χ4v) is 5.07. The van der Waals surface area contributed by atoms with E-state index in [-0.39, 0.29) is 11.5 Å². The Morgan fingerprint density at radius 3 is 2.78 bits per heavy atom. The van der Waals surface area contributed by atoms with Gasteiger partial charge in [-0.2, -0.15) is 0 Å². The van der Waals surface area contributed by atoms with E-state index in [1.165, 1.54) is 16.9 Å². The molecule has 1 aromatic carbocycles. The molecule has 0 spiro atoms. The summed E-state index contributed by atoms with van der Waals surface area (Å²) in [6.07, 6.45) is 2.29. The van der Waals surface area contributed by atoms with Crippen LogP contribution in [0.2, 0.25) is 0 Å². The molecule has 0 radical (unpaired) electrons. The molecule has 0 saturated heterocycles. The summed E-state index contributed by atoms with van der Waals surface area (Å²) in [6, 6.07) is 12.3. The molecule has 27 heavy (non-hydrogen) atoms. The number of rotatable bonds is 7. The summed E-state index contributed by atoms with van der Waals surface area (Å²) in [5.41, 5.74) is 2.14. The molecule has 1 atom stereocenters. The third-order valence-electron chi connectivity index (χ3n) is 4.74. The van der Waals surface area contributed by atoms with E-state index in [0.717, 1.165) is 34.0 Å². The first-order valence-corrected chi connectivity index (χ1v) is 11.1.